The number of nitrogens with zero attached hydrogens (tertiary/aromatic N) is 5. The standard InChI is InChI=1S/C28H32N6O/c1-21-18-33(20-30-21)23-11-9-22(17-24(23)35-4)10-12-25-31-27(3)28(19-29,15-8-16-34(27)32-25)26(2)13-6-5-7-14-26/h5-7,9-13,17-18,20H,8,14-16H2,1-4H3,(H,31,32)/b12-10+/t26?,27?,28-/m1/s1. The fourth-order valence-corrected chi connectivity index (χ4v) is 5.88. The molecule has 35 heavy (non-hydrogen) atoms. The van der Waals surface area contributed by atoms with E-state index >= 15 is 0 Å². The van der Waals surface area contributed by atoms with Gasteiger partial charge in [0.1, 0.15) is 22.7 Å². The predicted octanol–water partition coefficient (Wildman–Crippen LogP) is 4.96. The van der Waals surface area contributed by atoms with Gasteiger partial charge in [-0.1, -0.05) is 43.4 Å². The summed E-state index contributed by atoms with van der Waals surface area (Å²) in [5.41, 5.74) is 4.77. The summed E-state index contributed by atoms with van der Waals surface area (Å²) in [7, 11) is 1.68. The van der Waals surface area contributed by atoms with Crippen LogP contribution in [0.3, 0.4) is 0 Å². The lowest BCUT2D eigenvalue weighted by Crippen LogP contribution is -2.65. The molecule has 7 nitrogen and oxygen atoms in total. The van der Waals surface area contributed by atoms with Crippen molar-refractivity contribution in [2.24, 2.45) is 15.8 Å². The van der Waals surface area contributed by atoms with Crippen molar-refractivity contribution < 1.29 is 4.74 Å². The molecule has 180 valence electrons. The second kappa shape index (κ2) is 8.54. The number of hydrogen-bond donors (Lipinski definition) is 1. The molecular formula is C28H32N6O. The molecule has 1 aromatic heterocycles. The quantitative estimate of drug-likeness (QED) is 0.671. The van der Waals surface area contributed by atoms with Gasteiger partial charge in [0.2, 0.25) is 0 Å². The molecule has 0 spiro atoms. The number of aryl methyl sites for hydroxylation is 1. The number of ether oxygens (including phenoxy) is 1. The highest BCUT2D eigenvalue weighted by Crippen LogP contribution is 2.59. The Balaban J connectivity index is 1.45. The van der Waals surface area contributed by atoms with Crippen LogP contribution in [0.1, 0.15) is 44.4 Å². The average molecular weight is 469 g/mol. The number of amidine groups is 1. The minimum Gasteiger partial charge on any atom is -0.495 e. The predicted molar refractivity (Wildman–Crippen MR) is 138 cm³/mol. The van der Waals surface area contributed by atoms with Crippen LogP contribution in [0, 0.1) is 29.1 Å². The molecule has 3 aliphatic rings. The highest BCUT2D eigenvalue weighted by molar-refractivity contribution is 5.97. The Hall–Kier alpha value is -3.63. The first-order chi connectivity index (χ1) is 16.8. The smallest absolute Gasteiger partial charge is 0.148 e. The molecule has 1 saturated heterocycles. The van der Waals surface area contributed by atoms with Crippen LogP contribution in [-0.4, -0.2) is 39.7 Å². The molecule has 1 N–H and O–H groups in total. The van der Waals surface area contributed by atoms with Gasteiger partial charge in [-0.2, -0.15) is 10.3 Å². The minimum atomic E-state index is -0.662. The van der Waals surface area contributed by atoms with Crippen LogP contribution in [0.5, 0.6) is 5.75 Å². The van der Waals surface area contributed by atoms with Gasteiger partial charge in [0.15, 0.2) is 0 Å². The summed E-state index contributed by atoms with van der Waals surface area (Å²) in [5, 5.41) is 12.7. The van der Waals surface area contributed by atoms with Crippen molar-refractivity contribution >= 4 is 11.9 Å². The van der Waals surface area contributed by atoms with Crippen LogP contribution in [-0.2, 0) is 0 Å². The summed E-state index contributed by atoms with van der Waals surface area (Å²) < 4.78 is 7.61. The SMILES string of the molecule is COc1cc(/C=C/C2=NC3(C)N(CCC[C@@]3(C#N)C3(C)C=CC=CC3)N2)ccc1-n1cnc(C)c1. The van der Waals surface area contributed by atoms with Crippen molar-refractivity contribution in [2.45, 2.75) is 45.7 Å². The molecule has 0 bridgehead atoms. The Labute approximate surface area is 207 Å². The number of hydrogen-bond acceptors (Lipinski definition) is 6. The maximum absolute atomic E-state index is 10.6. The number of nitriles is 1. The maximum atomic E-state index is 10.6. The summed E-state index contributed by atoms with van der Waals surface area (Å²) >= 11 is 0. The molecular weight excluding hydrogens is 436 g/mol. The number of allylic oxidation sites excluding steroid dienone is 4. The molecule has 3 heterocycles. The van der Waals surface area contributed by atoms with Gasteiger partial charge in [-0.3, -0.25) is 0 Å². The van der Waals surface area contributed by atoms with Crippen LogP contribution in [0.15, 0.2) is 66.1 Å². The molecule has 5 rings (SSSR count). The van der Waals surface area contributed by atoms with E-state index < -0.39 is 11.1 Å². The molecule has 7 heteroatoms. The lowest BCUT2D eigenvalue weighted by molar-refractivity contribution is -0.0809. The number of piperidine rings is 1. The van der Waals surface area contributed by atoms with Gasteiger partial charge in [-0.25, -0.2) is 9.98 Å². The molecule has 0 saturated carbocycles. The number of rotatable bonds is 5. The third kappa shape index (κ3) is 3.60. The number of fused-ring (bicyclic) bond motifs is 1. The summed E-state index contributed by atoms with van der Waals surface area (Å²) in [6.45, 7) is 7.12. The first kappa shape index (κ1) is 23.1. The van der Waals surface area contributed by atoms with Crippen LogP contribution in [0.4, 0.5) is 0 Å². The fourth-order valence-electron chi connectivity index (χ4n) is 5.88. The number of benzene rings is 1. The zero-order chi connectivity index (χ0) is 24.7. The Morgan fingerprint density at radius 2 is 2.09 bits per heavy atom. The number of aromatic nitrogens is 2. The van der Waals surface area contributed by atoms with E-state index in [2.05, 4.69) is 59.6 Å². The van der Waals surface area contributed by atoms with Gasteiger partial charge in [0, 0.05) is 18.2 Å². The molecule has 1 aliphatic carbocycles. The molecule has 2 unspecified atom stereocenters. The molecule has 2 aromatic rings. The highest BCUT2D eigenvalue weighted by Gasteiger charge is 2.64. The van der Waals surface area contributed by atoms with Crippen molar-refractivity contribution in [3.8, 4) is 17.5 Å². The minimum absolute atomic E-state index is 0.289. The first-order valence-corrected chi connectivity index (χ1v) is 12.1. The van der Waals surface area contributed by atoms with Crippen LogP contribution >= 0.6 is 0 Å². The first-order valence-electron chi connectivity index (χ1n) is 12.1. The monoisotopic (exact) mass is 468 g/mol. The fraction of sp³-hybridized carbons (Fsp3) is 0.393. The van der Waals surface area contributed by atoms with Crippen LogP contribution < -0.4 is 10.2 Å². The van der Waals surface area contributed by atoms with Gasteiger partial charge < -0.3 is 14.7 Å². The maximum Gasteiger partial charge on any atom is 0.148 e. The normalized spacial score (nSPS) is 30.1. The summed E-state index contributed by atoms with van der Waals surface area (Å²) in [4.78, 5) is 9.45. The van der Waals surface area contributed by atoms with Crippen molar-refractivity contribution in [3.63, 3.8) is 0 Å². The lowest BCUT2D eigenvalue weighted by Gasteiger charge is -2.55. The van der Waals surface area contributed by atoms with Crippen molar-refractivity contribution in [1.29, 1.82) is 5.26 Å². The second-order valence-electron chi connectivity index (χ2n) is 10.00. The Morgan fingerprint density at radius 3 is 2.77 bits per heavy atom. The number of aliphatic imine (C=N–C) groups is 1. The molecule has 0 radical (unpaired) electrons. The zero-order valence-corrected chi connectivity index (χ0v) is 20.8. The Bertz CT molecular complexity index is 1300. The van der Waals surface area contributed by atoms with Gasteiger partial charge in [0.25, 0.3) is 0 Å². The van der Waals surface area contributed by atoms with E-state index in [4.69, 9.17) is 9.73 Å². The van der Waals surface area contributed by atoms with Gasteiger partial charge in [0.05, 0.1) is 30.9 Å². The van der Waals surface area contributed by atoms with Gasteiger partial charge in [-0.15, -0.1) is 0 Å². The van der Waals surface area contributed by atoms with Gasteiger partial charge >= 0.3 is 0 Å². The van der Waals surface area contributed by atoms with E-state index in [9.17, 15) is 5.26 Å². The van der Waals surface area contributed by atoms with E-state index in [1.165, 1.54) is 0 Å². The van der Waals surface area contributed by atoms with E-state index in [-0.39, 0.29) is 5.41 Å². The summed E-state index contributed by atoms with van der Waals surface area (Å²) in [6.07, 6.45) is 18.9. The third-order valence-corrected chi connectivity index (χ3v) is 7.90. The van der Waals surface area contributed by atoms with E-state index in [0.717, 1.165) is 54.3 Å². The number of methoxy groups -OCH3 is 1. The third-order valence-electron chi connectivity index (χ3n) is 7.90. The highest BCUT2D eigenvalue weighted by atomic mass is 16.5. The van der Waals surface area contributed by atoms with Gasteiger partial charge in [-0.05, 0) is 56.9 Å². The van der Waals surface area contributed by atoms with E-state index in [0.29, 0.717) is 0 Å². The molecule has 0 amide bonds. The topological polar surface area (TPSA) is 78.5 Å². The van der Waals surface area contributed by atoms with Crippen LogP contribution in [0.2, 0.25) is 0 Å². The molecule has 2 aliphatic heterocycles. The van der Waals surface area contributed by atoms with Crippen molar-refractivity contribution in [2.75, 3.05) is 13.7 Å². The zero-order valence-electron chi connectivity index (χ0n) is 20.8. The average Bonchev–Trinajstić information content (AvgIpc) is 3.45. The molecule has 1 fully saturated rings. The lowest BCUT2D eigenvalue weighted by atomic mass is 9.53. The van der Waals surface area contributed by atoms with Crippen LogP contribution in [0.25, 0.3) is 11.8 Å². The number of imidazole rings is 1. The number of nitrogens with one attached hydrogen (secondary N) is 1. The number of hydrazine groups is 1. The van der Waals surface area contributed by atoms with Crippen molar-refractivity contribution in [3.05, 3.63) is 72.4 Å². The Kier molecular flexibility index (Phi) is 5.65. The van der Waals surface area contributed by atoms with E-state index in [1.54, 1.807) is 13.4 Å². The molecule has 3 atom stereocenters. The van der Waals surface area contributed by atoms with Crippen molar-refractivity contribution in [1.82, 2.24) is 20.0 Å². The largest absolute Gasteiger partial charge is 0.495 e. The summed E-state index contributed by atoms with van der Waals surface area (Å²) in [5.74, 6) is 1.53. The second-order valence-corrected chi connectivity index (χ2v) is 10.00. The Morgan fingerprint density at radius 1 is 1.23 bits per heavy atom. The van der Waals surface area contributed by atoms with E-state index in [1.807, 2.05) is 48.0 Å². The molecule has 1 aromatic carbocycles. The summed E-state index contributed by atoms with van der Waals surface area (Å²) in [6, 6.07) is 8.83.